The van der Waals surface area contributed by atoms with Gasteiger partial charge in [0.2, 0.25) is 5.91 Å². The molecule has 1 heterocycles. The number of aromatic nitrogens is 1. The molecule has 2 rings (SSSR count). The molecule has 0 atom stereocenters. The van der Waals surface area contributed by atoms with E-state index in [4.69, 9.17) is 5.21 Å². The SMILES string of the molecule is CNCn1cc(CNCCC(=O)NO)c2ccccc21. The largest absolute Gasteiger partial charge is 0.334 e. The molecule has 108 valence electrons. The molecule has 4 N–H and O–H groups in total. The summed E-state index contributed by atoms with van der Waals surface area (Å²) in [5.74, 6) is -0.380. The van der Waals surface area contributed by atoms with Gasteiger partial charge in [-0.05, 0) is 18.7 Å². The third kappa shape index (κ3) is 3.36. The summed E-state index contributed by atoms with van der Waals surface area (Å²) < 4.78 is 2.16. The van der Waals surface area contributed by atoms with Crippen LogP contribution in [0.3, 0.4) is 0 Å². The highest BCUT2D eigenvalue weighted by atomic mass is 16.5. The first-order valence-electron chi connectivity index (χ1n) is 6.61. The van der Waals surface area contributed by atoms with Crippen molar-refractivity contribution in [2.24, 2.45) is 0 Å². The van der Waals surface area contributed by atoms with Gasteiger partial charge in [-0.15, -0.1) is 0 Å². The predicted octanol–water partition coefficient (Wildman–Crippen LogP) is 0.803. The summed E-state index contributed by atoms with van der Waals surface area (Å²) in [5, 5.41) is 16.0. The van der Waals surface area contributed by atoms with E-state index in [0.717, 1.165) is 6.67 Å². The molecule has 0 aliphatic carbocycles. The summed E-state index contributed by atoms with van der Waals surface area (Å²) in [5.41, 5.74) is 4.00. The molecule has 0 aliphatic rings. The average Bonchev–Trinajstić information content (AvgIpc) is 2.82. The van der Waals surface area contributed by atoms with Crippen molar-refractivity contribution in [3.63, 3.8) is 0 Å². The minimum Gasteiger partial charge on any atom is -0.334 e. The van der Waals surface area contributed by atoms with E-state index in [2.05, 4.69) is 33.5 Å². The lowest BCUT2D eigenvalue weighted by Crippen LogP contribution is -2.24. The maximum absolute atomic E-state index is 10.9. The Morgan fingerprint density at radius 2 is 2.15 bits per heavy atom. The van der Waals surface area contributed by atoms with Gasteiger partial charge in [-0.3, -0.25) is 10.0 Å². The van der Waals surface area contributed by atoms with Crippen LogP contribution in [0, 0.1) is 0 Å². The van der Waals surface area contributed by atoms with Crippen molar-refractivity contribution in [1.29, 1.82) is 0 Å². The topological polar surface area (TPSA) is 78.3 Å². The molecule has 0 spiro atoms. The average molecular weight is 276 g/mol. The molecule has 0 saturated carbocycles. The number of fused-ring (bicyclic) bond motifs is 1. The molecule has 0 unspecified atom stereocenters. The van der Waals surface area contributed by atoms with Crippen LogP contribution >= 0.6 is 0 Å². The minimum absolute atomic E-state index is 0.256. The Bertz CT molecular complexity index is 580. The van der Waals surface area contributed by atoms with Crippen molar-refractivity contribution < 1.29 is 10.0 Å². The molecule has 6 heteroatoms. The van der Waals surface area contributed by atoms with E-state index in [1.807, 2.05) is 19.2 Å². The molecular formula is C14H20N4O2. The molecule has 1 amide bonds. The summed E-state index contributed by atoms with van der Waals surface area (Å²) in [4.78, 5) is 10.9. The van der Waals surface area contributed by atoms with Crippen molar-refractivity contribution in [2.45, 2.75) is 19.6 Å². The molecule has 1 aromatic heterocycles. The fraction of sp³-hybridized carbons (Fsp3) is 0.357. The molecule has 1 aromatic carbocycles. The third-order valence-corrected chi connectivity index (χ3v) is 3.17. The van der Waals surface area contributed by atoms with Crippen LogP contribution in [0.4, 0.5) is 0 Å². The fourth-order valence-electron chi connectivity index (χ4n) is 2.25. The van der Waals surface area contributed by atoms with Crippen molar-refractivity contribution in [3.8, 4) is 0 Å². The zero-order valence-corrected chi connectivity index (χ0v) is 11.5. The first-order chi connectivity index (χ1) is 9.76. The van der Waals surface area contributed by atoms with E-state index < -0.39 is 0 Å². The number of carbonyl (C=O) groups excluding carboxylic acids is 1. The number of rotatable bonds is 7. The summed E-state index contributed by atoms with van der Waals surface area (Å²) in [7, 11) is 1.92. The third-order valence-electron chi connectivity index (χ3n) is 3.17. The van der Waals surface area contributed by atoms with E-state index in [0.29, 0.717) is 13.1 Å². The molecular weight excluding hydrogens is 256 g/mol. The van der Waals surface area contributed by atoms with E-state index in [1.165, 1.54) is 16.5 Å². The lowest BCUT2D eigenvalue weighted by atomic mass is 10.2. The van der Waals surface area contributed by atoms with E-state index in [-0.39, 0.29) is 12.3 Å². The van der Waals surface area contributed by atoms with Crippen LogP contribution in [-0.2, 0) is 18.0 Å². The van der Waals surface area contributed by atoms with E-state index >= 15 is 0 Å². The molecule has 0 fully saturated rings. The lowest BCUT2D eigenvalue weighted by molar-refractivity contribution is -0.129. The highest BCUT2D eigenvalue weighted by Gasteiger charge is 2.07. The van der Waals surface area contributed by atoms with Crippen molar-refractivity contribution in [1.82, 2.24) is 20.7 Å². The zero-order chi connectivity index (χ0) is 14.4. The second-order valence-corrected chi connectivity index (χ2v) is 4.61. The van der Waals surface area contributed by atoms with Gasteiger partial charge in [-0.25, -0.2) is 5.48 Å². The predicted molar refractivity (Wildman–Crippen MR) is 77.3 cm³/mol. The molecule has 0 bridgehead atoms. The molecule has 2 aromatic rings. The van der Waals surface area contributed by atoms with Crippen LogP contribution in [0.2, 0.25) is 0 Å². The number of hydrogen-bond acceptors (Lipinski definition) is 4. The smallest absolute Gasteiger partial charge is 0.244 e. The molecule has 0 radical (unpaired) electrons. The quantitative estimate of drug-likeness (QED) is 0.343. The second kappa shape index (κ2) is 7.04. The molecule has 0 saturated heterocycles. The normalized spacial score (nSPS) is 10.9. The Hall–Kier alpha value is -1.89. The highest BCUT2D eigenvalue weighted by molar-refractivity contribution is 5.83. The van der Waals surface area contributed by atoms with E-state index in [9.17, 15) is 4.79 Å². The second-order valence-electron chi connectivity index (χ2n) is 4.61. The van der Waals surface area contributed by atoms with Gasteiger partial charge >= 0.3 is 0 Å². The van der Waals surface area contributed by atoms with Crippen LogP contribution in [0.25, 0.3) is 10.9 Å². The number of carbonyl (C=O) groups is 1. The zero-order valence-electron chi connectivity index (χ0n) is 11.5. The van der Waals surface area contributed by atoms with Gasteiger partial charge in [-0.2, -0.15) is 0 Å². The summed E-state index contributed by atoms with van der Waals surface area (Å²) in [6.07, 6.45) is 2.37. The first kappa shape index (κ1) is 14.5. The number of nitrogens with one attached hydrogen (secondary N) is 3. The summed E-state index contributed by atoms with van der Waals surface area (Å²) in [6, 6.07) is 8.24. The number of nitrogens with zero attached hydrogens (tertiary/aromatic N) is 1. The number of benzene rings is 1. The van der Waals surface area contributed by atoms with E-state index in [1.54, 1.807) is 5.48 Å². The minimum atomic E-state index is -0.380. The van der Waals surface area contributed by atoms with Gasteiger partial charge in [0.05, 0.1) is 6.67 Å². The number of hydroxylamine groups is 1. The number of para-hydroxylation sites is 1. The Balaban J connectivity index is 2.04. The van der Waals surface area contributed by atoms with Crippen LogP contribution < -0.4 is 16.1 Å². The first-order valence-corrected chi connectivity index (χ1v) is 6.61. The van der Waals surface area contributed by atoms with Gasteiger partial charge in [0.1, 0.15) is 0 Å². The van der Waals surface area contributed by atoms with Crippen LogP contribution in [0.1, 0.15) is 12.0 Å². The molecule has 0 aliphatic heterocycles. The van der Waals surface area contributed by atoms with Crippen LogP contribution in [0.15, 0.2) is 30.5 Å². The maximum Gasteiger partial charge on any atom is 0.244 e. The highest BCUT2D eigenvalue weighted by Crippen LogP contribution is 2.20. The Kier molecular flexibility index (Phi) is 5.11. The van der Waals surface area contributed by atoms with Gasteiger partial charge < -0.3 is 15.2 Å². The standard InChI is InChI=1S/C14H20N4O2/c1-15-10-18-9-11(8-16-7-6-14(19)17-20)12-4-2-3-5-13(12)18/h2-5,9,15-16,20H,6-8,10H2,1H3,(H,17,19). The molecule has 20 heavy (non-hydrogen) atoms. The monoisotopic (exact) mass is 276 g/mol. The summed E-state index contributed by atoms with van der Waals surface area (Å²) in [6.45, 7) is 1.97. The van der Waals surface area contributed by atoms with Gasteiger partial charge in [0, 0.05) is 36.6 Å². The number of hydrogen-bond donors (Lipinski definition) is 4. The van der Waals surface area contributed by atoms with Crippen molar-refractivity contribution in [2.75, 3.05) is 13.6 Å². The maximum atomic E-state index is 10.9. The van der Waals surface area contributed by atoms with Crippen molar-refractivity contribution >= 4 is 16.8 Å². The Morgan fingerprint density at radius 1 is 1.35 bits per heavy atom. The van der Waals surface area contributed by atoms with Crippen molar-refractivity contribution in [3.05, 3.63) is 36.0 Å². The Morgan fingerprint density at radius 3 is 2.90 bits per heavy atom. The lowest BCUT2D eigenvalue weighted by Gasteiger charge is -2.03. The van der Waals surface area contributed by atoms with Gasteiger partial charge in [0.25, 0.3) is 0 Å². The van der Waals surface area contributed by atoms with Crippen LogP contribution in [0.5, 0.6) is 0 Å². The van der Waals surface area contributed by atoms with Gasteiger partial charge in [-0.1, -0.05) is 18.2 Å². The Labute approximate surface area is 117 Å². The number of amides is 1. The molecule has 6 nitrogen and oxygen atoms in total. The van der Waals surface area contributed by atoms with Crippen LogP contribution in [-0.4, -0.2) is 29.3 Å². The van der Waals surface area contributed by atoms with Gasteiger partial charge in [0.15, 0.2) is 0 Å². The fourth-order valence-corrected chi connectivity index (χ4v) is 2.25. The summed E-state index contributed by atoms with van der Waals surface area (Å²) >= 11 is 0.